The van der Waals surface area contributed by atoms with Gasteiger partial charge in [-0.1, -0.05) is 121 Å². The molecule has 0 aliphatic heterocycles. The minimum absolute atomic E-state index is 0.508. The molecule has 0 radical (unpaired) electrons. The molecular weight excluding hydrogens is 629 g/mol. The highest BCUT2D eigenvalue weighted by atomic mass is 16.3. The summed E-state index contributed by atoms with van der Waals surface area (Å²) in [6, 6.07) is 53.8. The molecule has 7 aromatic carbocycles. The first kappa shape index (κ1) is 27.9. The SMILES string of the molecule is c1ccc(-c2nc(-c3ccc4c(c3)oc3cccc(-c5ccccc5)c34)nc(-n3c4ccccc4c4ccc5c6ccccc6oc5c43)n2)cc1. The normalized spacial score (nSPS) is 11.9. The summed E-state index contributed by atoms with van der Waals surface area (Å²) in [6.07, 6.45) is 0. The Morgan fingerprint density at radius 3 is 1.92 bits per heavy atom. The van der Waals surface area contributed by atoms with Gasteiger partial charge in [0.1, 0.15) is 22.3 Å². The second-order valence-electron chi connectivity index (χ2n) is 12.8. The quantitative estimate of drug-likeness (QED) is 0.189. The van der Waals surface area contributed by atoms with E-state index in [0.717, 1.165) is 87.9 Å². The van der Waals surface area contributed by atoms with E-state index >= 15 is 0 Å². The third kappa shape index (κ3) is 4.20. The molecule has 0 spiro atoms. The number of hydrogen-bond acceptors (Lipinski definition) is 5. The second-order valence-corrected chi connectivity index (χ2v) is 12.8. The predicted octanol–water partition coefficient (Wildman–Crippen LogP) is 11.8. The number of hydrogen-bond donors (Lipinski definition) is 0. The van der Waals surface area contributed by atoms with Crippen molar-refractivity contribution < 1.29 is 8.83 Å². The number of para-hydroxylation sites is 2. The highest BCUT2D eigenvalue weighted by Crippen LogP contribution is 2.41. The molecule has 0 unspecified atom stereocenters. The standard InChI is InChI=1S/C45H26N4O2/c1-3-12-27(13-4-1)30-18-11-21-38-40(30)35-23-22-29(26-39(35)50-38)44-46-43(28-14-5-2-6-15-28)47-45(48-44)49-36-19-9-7-16-31(36)33-24-25-34-32-17-8-10-20-37(32)51-42(34)41(33)49/h1-26H. The van der Waals surface area contributed by atoms with Crippen molar-refractivity contribution in [1.29, 1.82) is 0 Å². The Morgan fingerprint density at radius 2 is 1.08 bits per heavy atom. The zero-order chi connectivity index (χ0) is 33.5. The Hall–Kier alpha value is -7.05. The van der Waals surface area contributed by atoms with Gasteiger partial charge in [-0.3, -0.25) is 4.57 Å². The molecule has 0 saturated heterocycles. The van der Waals surface area contributed by atoms with E-state index < -0.39 is 0 Å². The molecule has 4 aromatic heterocycles. The maximum Gasteiger partial charge on any atom is 0.238 e. The van der Waals surface area contributed by atoms with Crippen molar-refractivity contribution in [3.63, 3.8) is 0 Å². The molecule has 6 heteroatoms. The number of furan rings is 2. The van der Waals surface area contributed by atoms with Gasteiger partial charge in [-0.2, -0.15) is 9.97 Å². The van der Waals surface area contributed by atoms with E-state index in [1.54, 1.807) is 0 Å². The summed E-state index contributed by atoms with van der Waals surface area (Å²) in [5.41, 5.74) is 9.16. The van der Waals surface area contributed by atoms with Crippen LogP contribution in [0.15, 0.2) is 167 Å². The summed E-state index contributed by atoms with van der Waals surface area (Å²) >= 11 is 0. The van der Waals surface area contributed by atoms with Crippen LogP contribution in [0.4, 0.5) is 0 Å². The van der Waals surface area contributed by atoms with Gasteiger partial charge in [0.2, 0.25) is 5.95 Å². The number of aromatic nitrogens is 4. The lowest BCUT2D eigenvalue weighted by molar-refractivity contribution is 0.669. The lowest BCUT2D eigenvalue weighted by atomic mass is 9.99. The van der Waals surface area contributed by atoms with Crippen molar-refractivity contribution in [2.45, 2.75) is 0 Å². The minimum Gasteiger partial charge on any atom is -0.456 e. The van der Waals surface area contributed by atoms with Gasteiger partial charge in [0.25, 0.3) is 0 Å². The molecule has 0 aliphatic carbocycles. The smallest absolute Gasteiger partial charge is 0.238 e. The number of benzene rings is 7. The van der Waals surface area contributed by atoms with E-state index in [2.05, 4.69) is 83.4 Å². The van der Waals surface area contributed by atoms with Gasteiger partial charge in [-0.15, -0.1) is 0 Å². The van der Waals surface area contributed by atoms with E-state index in [0.29, 0.717) is 17.6 Å². The van der Waals surface area contributed by atoms with Crippen molar-refractivity contribution in [3.05, 3.63) is 158 Å². The van der Waals surface area contributed by atoms with Crippen LogP contribution in [0.1, 0.15) is 0 Å². The highest BCUT2D eigenvalue weighted by Gasteiger charge is 2.22. The molecule has 0 amide bonds. The van der Waals surface area contributed by atoms with Crippen molar-refractivity contribution in [2.24, 2.45) is 0 Å². The van der Waals surface area contributed by atoms with E-state index in [1.165, 1.54) is 0 Å². The number of rotatable bonds is 4. The summed E-state index contributed by atoms with van der Waals surface area (Å²) < 4.78 is 15.2. The second kappa shape index (κ2) is 10.7. The third-order valence-electron chi connectivity index (χ3n) is 9.88. The van der Waals surface area contributed by atoms with Crippen LogP contribution in [0.3, 0.4) is 0 Å². The van der Waals surface area contributed by atoms with Crippen LogP contribution in [-0.4, -0.2) is 19.5 Å². The molecule has 51 heavy (non-hydrogen) atoms. The number of fused-ring (bicyclic) bond motifs is 10. The molecule has 0 atom stereocenters. The maximum atomic E-state index is 6.60. The van der Waals surface area contributed by atoms with Crippen LogP contribution in [0, 0.1) is 0 Å². The van der Waals surface area contributed by atoms with Gasteiger partial charge in [0.15, 0.2) is 17.2 Å². The van der Waals surface area contributed by atoms with Crippen molar-refractivity contribution in [1.82, 2.24) is 19.5 Å². The molecule has 0 fully saturated rings. The summed E-state index contributed by atoms with van der Waals surface area (Å²) in [7, 11) is 0. The molecule has 238 valence electrons. The zero-order valence-corrected chi connectivity index (χ0v) is 27.1. The topological polar surface area (TPSA) is 69.9 Å². The minimum atomic E-state index is 0.508. The molecule has 0 aliphatic rings. The number of nitrogens with zero attached hydrogens (tertiary/aromatic N) is 4. The van der Waals surface area contributed by atoms with Gasteiger partial charge < -0.3 is 8.83 Å². The van der Waals surface area contributed by atoms with Gasteiger partial charge in [0, 0.05) is 43.4 Å². The average Bonchev–Trinajstić information content (AvgIpc) is 3.88. The van der Waals surface area contributed by atoms with E-state index in [9.17, 15) is 0 Å². The van der Waals surface area contributed by atoms with Crippen LogP contribution in [0.5, 0.6) is 0 Å². The van der Waals surface area contributed by atoms with E-state index in [-0.39, 0.29) is 0 Å². The van der Waals surface area contributed by atoms with E-state index in [1.807, 2.05) is 78.9 Å². The Morgan fingerprint density at radius 1 is 0.412 bits per heavy atom. The fraction of sp³-hybridized carbons (Fsp3) is 0. The van der Waals surface area contributed by atoms with Crippen molar-refractivity contribution >= 4 is 65.7 Å². The molecule has 11 rings (SSSR count). The van der Waals surface area contributed by atoms with Gasteiger partial charge >= 0.3 is 0 Å². The Kier molecular flexibility index (Phi) is 5.86. The molecular formula is C45H26N4O2. The van der Waals surface area contributed by atoms with Crippen LogP contribution in [-0.2, 0) is 0 Å². The lowest BCUT2D eigenvalue weighted by Crippen LogP contribution is -2.06. The summed E-state index contributed by atoms with van der Waals surface area (Å²) in [5, 5.41) is 6.41. The molecule has 11 aromatic rings. The lowest BCUT2D eigenvalue weighted by Gasteiger charge is -2.11. The fourth-order valence-corrected chi connectivity index (χ4v) is 7.57. The first-order valence-corrected chi connectivity index (χ1v) is 16.9. The molecule has 0 saturated carbocycles. The molecule has 0 bridgehead atoms. The first-order chi connectivity index (χ1) is 25.3. The summed E-state index contributed by atoms with van der Waals surface area (Å²) in [6.45, 7) is 0. The van der Waals surface area contributed by atoms with Crippen molar-refractivity contribution in [2.75, 3.05) is 0 Å². The fourth-order valence-electron chi connectivity index (χ4n) is 7.57. The predicted molar refractivity (Wildman–Crippen MR) is 205 cm³/mol. The first-order valence-electron chi connectivity index (χ1n) is 16.9. The molecule has 0 N–H and O–H groups in total. The Labute approximate surface area is 290 Å². The van der Waals surface area contributed by atoms with Gasteiger partial charge in [-0.05, 0) is 47.5 Å². The maximum absolute atomic E-state index is 6.60. The monoisotopic (exact) mass is 654 g/mol. The van der Waals surface area contributed by atoms with Gasteiger partial charge in [0.05, 0.1) is 5.52 Å². The molecule has 4 heterocycles. The molecule has 6 nitrogen and oxygen atoms in total. The Balaban J connectivity index is 1.18. The van der Waals surface area contributed by atoms with Crippen LogP contribution < -0.4 is 0 Å². The average molecular weight is 655 g/mol. The van der Waals surface area contributed by atoms with Crippen LogP contribution in [0.25, 0.3) is 106 Å². The summed E-state index contributed by atoms with van der Waals surface area (Å²) in [5.74, 6) is 1.63. The summed E-state index contributed by atoms with van der Waals surface area (Å²) in [4.78, 5) is 15.4. The Bertz CT molecular complexity index is 3140. The zero-order valence-electron chi connectivity index (χ0n) is 27.1. The van der Waals surface area contributed by atoms with Gasteiger partial charge in [-0.25, -0.2) is 4.98 Å². The van der Waals surface area contributed by atoms with Crippen LogP contribution in [0.2, 0.25) is 0 Å². The van der Waals surface area contributed by atoms with Crippen LogP contribution >= 0.6 is 0 Å². The third-order valence-corrected chi connectivity index (χ3v) is 9.88. The largest absolute Gasteiger partial charge is 0.456 e. The highest BCUT2D eigenvalue weighted by molar-refractivity contribution is 6.21. The van der Waals surface area contributed by atoms with Crippen molar-refractivity contribution in [3.8, 4) is 39.9 Å². The van der Waals surface area contributed by atoms with E-state index in [4.69, 9.17) is 23.8 Å².